The monoisotopic (exact) mass is 390 g/mol. The van der Waals surface area contributed by atoms with Crippen molar-refractivity contribution in [1.29, 1.82) is 0 Å². The van der Waals surface area contributed by atoms with Crippen molar-refractivity contribution in [2.45, 2.75) is 11.9 Å². The second-order valence-electron chi connectivity index (χ2n) is 6.55. The van der Waals surface area contributed by atoms with Crippen LogP contribution in [0.5, 0.6) is 11.5 Å². The molecule has 2 amide bonds. The maximum atomic E-state index is 12.7. The zero-order valence-corrected chi connectivity index (χ0v) is 16.3. The summed E-state index contributed by atoms with van der Waals surface area (Å²) in [4.78, 5) is 14.6. The topological polar surface area (TPSA) is 41.6 Å². The van der Waals surface area contributed by atoms with Crippen LogP contribution in [0.25, 0.3) is 0 Å². The molecule has 1 aliphatic rings. The third kappa shape index (κ3) is 4.49. The average molecular weight is 391 g/mol. The number of nitrogens with zero attached hydrogens (tertiary/aromatic N) is 1. The summed E-state index contributed by atoms with van der Waals surface area (Å²) in [6.07, 6.45) is 0. The molecule has 0 spiro atoms. The number of benzene rings is 3. The molecule has 0 aliphatic carbocycles. The summed E-state index contributed by atoms with van der Waals surface area (Å²) in [6, 6.07) is 27.6. The smallest absolute Gasteiger partial charge is 0.318 e. The van der Waals surface area contributed by atoms with E-state index in [1.54, 1.807) is 11.8 Å². The Balaban J connectivity index is 1.44. The molecule has 3 aromatic carbocycles. The summed E-state index contributed by atoms with van der Waals surface area (Å²) in [5.74, 6) is 2.50. The Bertz CT molecular complexity index is 918. The molecular weight excluding hydrogens is 368 g/mol. The number of carbonyl (C=O) groups excluding carboxylic acids is 1. The first-order valence-corrected chi connectivity index (χ1v) is 10.4. The Labute approximate surface area is 169 Å². The molecule has 0 saturated carbocycles. The zero-order chi connectivity index (χ0) is 19.2. The first-order valence-electron chi connectivity index (χ1n) is 9.32. The highest BCUT2D eigenvalue weighted by molar-refractivity contribution is 7.99. The Morgan fingerprint density at radius 1 is 0.964 bits per heavy atom. The van der Waals surface area contributed by atoms with Gasteiger partial charge in [-0.2, -0.15) is 0 Å². The van der Waals surface area contributed by atoms with E-state index in [0.29, 0.717) is 6.54 Å². The van der Waals surface area contributed by atoms with E-state index < -0.39 is 0 Å². The predicted molar refractivity (Wildman–Crippen MR) is 114 cm³/mol. The predicted octanol–water partition coefficient (Wildman–Crippen LogP) is 5.44. The number of amides is 2. The van der Waals surface area contributed by atoms with E-state index in [9.17, 15) is 4.79 Å². The number of hydrogen-bond donors (Lipinski definition) is 1. The van der Waals surface area contributed by atoms with Crippen LogP contribution < -0.4 is 10.1 Å². The molecule has 3 aromatic rings. The molecule has 1 heterocycles. The minimum atomic E-state index is -0.0340. The van der Waals surface area contributed by atoms with Gasteiger partial charge in [-0.05, 0) is 35.4 Å². The van der Waals surface area contributed by atoms with Crippen LogP contribution in [-0.4, -0.2) is 23.2 Å². The van der Waals surface area contributed by atoms with Crippen LogP contribution >= 0.6 is 11.8 Å². The highest BCUT2D eigenvalue weighted by Gasteiger charge is 2.30. The fourth-order valence-electron chi connectivity index (χ4n) is 3.19. The Hall–Kier alpha value is -2.92. The lowest BCUT2D eigenvalue weighted by Crippen LogP contribution is -2.39. The number of hydrogen-bond acceptors (Lipinski definition) is 3. The number of ether oxygens (including phenoxy) is 1. The summed E-state index contributed by atoms with van der Waals surface area (Å²) in [5, 5.41) is 3.03. The van der Waals surface area contributed by atoms with E-state index in [1.807, 2.05) is 83.8 Å². The fraction of sp³-hybridized carbons (Fsp3) is 0.174. The summed E-state index contributed by atoms with van der Waals surface area (Å²) in [6.45, 7) is 1.27. The van der Waals surface area contributed by atoms with E-state index in [2.05, 4.69) is 11.4 Å². The number of nitrogens with one attached hydrogen (secondary N) is 1. The summed E-state index contributed by atoms with van der Waals surface area (Å²) >= 11 is 1.78. The van der Waals surface area contributed by atoms with Crippen molar-refractivity contribution in [3.8, 4) is 11.5 Å². The van der Waals surface area contributed by atoms with E-state index in [-0.39, 0.29) is 11.4 Å². The summed E-state index contributed by atoms with van der Waals surface area (Å²) < 4.78 is 5.95. The van der Waals surface area contributed by atoms with Gasteiger partial charge in [0.25, 0.3) is 0 Å². The normalized spacial score (nSPS) is 16.0. The largest absolute Gasteiger partial charge is 0.457 e. The molecule has 0 aromatic heterocycles. The molecule has 4 rings (SSSR count). The quantitative estimate of drug-likeness (QED) is 0.631. The van der Waals surface area contributed by atoms with E-state index in [1.165, 1.54) is 0 Å². The minimum Gasteiger partial charge on any atom is -0.457 e. The maximum absolute atomic E-state index is 12.7. The molecule has 1 unspecified atom stereocenters. The van der Waals surface area contributed by atoms with Crippen molar-refractivity contribution in [3.05, 3.63) is 96.1 Å². The van der Waals surface area contributed by atoms with Gasteiger partial charge in [-0.15, -0.1) is 11.8 Å². The van der Waals surface area contributed by atoms with Crippen LogP contribution in [0.15, 0.2) is 84.9 Å². The maximum Gasteiger partial charge on any atom is 0.318 e. The van der Waals surface area contributed by atoms with Crippen molar-refractivity contribution in [1.82, 2.24) is 10.2 Å². The van der Waals surface area contributed by atoms with Crippen molar-refractivity contribution in [3.63, 3.8) is 0 Å². The molecule has 1 atom stereocenters. The van der Waals surface area contributed by atoms with Crippen molar-refractivity contribution in [2.24, 2.45) is 0 Å². The summed E-state index contributed by atoms with van der Waals surface area (Å²) in [5.41, 5.74) is 2.17. The highest BCUT2D eigenvalue weighted by atomic mass is 32.2. The molecule has 0 bridgehead atoms. The molecule has 1 saturated heterocycles. The molecular formula is C23H22N2O2S. The number of thioether (sulfide) groups is 1. The van der Waals surface area contributed by atoms with Gasteiger partial charge in [0.2, 0.25) is 0 Å². The average Bonchev–Trinajstić information content (AvgIpc) is 3.24. The van der Waals surface area contributed by atoms with Crippen molar-refractivity contribution < 1.29 is 9.53 Å². The first-order chi connectivity index (χ1) is 13.8. The lowest BCUT2D eigenvalue weighted by atomic mass is 10.2. The Morgan fingerprint density at radius 2 is 1.68 bits per heavy atom. The SMILES string of the molecule is O=C(NCc1ccccc1)N1CCSC1c1cccc(Oc2ccccc2)c1. The lowest BCUT2D eigenvalue weighted by Gasteiger charge is -2.24. The van der Waals surface area contributed by atoms with E-state index >= 15 is 0 Å². The van der Waals surface area contributed by atoms with Gasteiger partial charge in [0.05, 0.1) is 0 Å². The van der Waals surface area contributed by atoms with Gasteiger partial charge in [0, 0.05) is 18.8 Å². The summed E-state index contributed by atoms with van der Waals surface area (Å²) in [7, 11) is 0. The van der Waals surface area contributed by atoms with Gasteiger partial charge in [-0.3, -0.25) is 0 Å². The molecule has 1 fully saturated rings. The molecule has 4 nitrogen and oxygen atoms in total. The molecule has 28 heavy (non-hydrogen) atoms. The van der Waals surface area contributed by atoms with Crippen LogP contribution in [0.2, 0.25) is 0 Å². The second kappa shape index (κ2) is 8.85. The molecule has 5 heteroatoms. The third-order valence-electron chi connectivity index (χ3n) is 4.56. The zero-order valence-electron chi connectivity index (χ0n) is 15.5. The Kier molecular flexibility index (Phi) is 5.83. The van der Waals surface area contributed by atoms with Gasteiger partial charge >= 0.3 is 6.03 Å². The van der Waals surface area contributed by atoms with Gasteiger partial charge in [0.15, 0.2) is 0 Å². The highest BCUT2D eigenvalue weighted by Crippen LogP contribution is 2.39. The van der Waals surface area contributed by atoms with Crippen LogP contribution in [-0.2, 0) is 6.54 Å². The molecule has 1 N–H and O–H groups in total. The van der Waals surface area contributed by atoms with Crippen LogP contribution in [0.4, 0.5) is 4.79 Å². The van der Waals surface area contributed by atoms with Gasteiger partial charge < -0.3 is 15.0 Å². The standard InChI is InChI=1S/C23H22N2O2S/c26-23(24-17-18-8-3-1-4-9-18)25-14-15-28-22(25)19-10-7-13-21(16-19)27-20-11-5-2-6-12-20/h1-13,16,22H,14-15,17H2,(H,24,26). The number of urea groups is 1. The minimum absolute atomic E-state index is 0.00454. The van der Waals surface area contributed by atoms with E-state index in [4.69, 9.17) is 4.74 Å². The van der Waals surface area contributed by atoms with E-state index in [0.717, 1.165) is 34.9 Å². The van der Waals surface area contributed by atoms with Crippen molar-refractivity contribution in [2.75, 3.05) is 12.3 Å². The van der Waals surface area contributed by atoms with Crippen molar-refractivity contribution >= 4 is 17.8 Å². The lowest BCUT2D eigenvalue weighted by molar-refractivity contribution is 0.200. The van der Waals surface area contributed by atoms with Crippen LogP contribution in [0, 0.1) is 0 Å². The number of carbonyl (C=O) groups is 1. The first kappa shape index (κ1) is 18.4. The van der Waals surface area contributed by atoms with Gasteiger partial charge in [-0.1, -0.05) is 60.7 Å². The van der Waals surface area contributed by atoms with Crippen LogP contribution in [0.1, 0.15) is 16.5 Å². The second-order valence-corrected chi connectivity index (χ2v) is 7.74. The van der Waals surface area contributed by atoms with Gasteiger partial charge in [0.1, 0.15) is 16.9 Å². The third-order valence-corrected chi connectivity index (χ3v) is 5.82. The number of para-hydroxylation sites is 1. The number of rotatable bonds is 5. The van der Waals surface area contributed by atoms with Gasteiger partial charge in [-0.25, -0.2) is 4.79 Å². The Morgan fingerprint density at radius 3 is 2.46 bits per heavy atom. The molecule has 0 radical (unpaired) electrons. The molecule has 142 valence electrons. The molecule has 1 aliphatic heterocycles. The fourth-order valence-corrected chi connectivity index (χ4v) is 4.43. The van der Waals surface area contributed by atoms with Crippen LogP contribution in [0.3, 0.4) is 0 Å².